The molecule has 1 amide bonds. The van der Waals surface area contributed by atoms with E-state index >= 15 is 0 Å². The van der Waals surface area contributed by atoms with Crippen molar-refractivity contribution in [1.29, 1.82) is 0 Å². The lowest BCUT2D eigenvalue weighted by Gasteiger charge is -2.32. The summed E-state index contributed by atoms with van der Waals surface area (Å²) in [6.45, 7) is 2.05. The van der Waals surface area contributed by atoms with Gasteiger partial charge in [-0.25, -0.2) is 8.78 Å². The van der Waals surface area contributed by atoms with Crippen LogP contribution < -0.4 is 5.32 Å². The average molecular weight is 331 g/mol. The second kappa shape index (κ2) is 7.49. The number of hydrogen-bond donors (Lipinski definition) is 1. The van der Waals surface area contributed by atoms with Gasteiger partial charge >= 0.3 is 0 Å². The Kier molecular flexibility index (Phi) is 5.15. The summed E-state index contributed by atoms with van der Waals surface area (Å²) in [5.41, 5.74) is 1.04. The molecule has 1 fully saturated rings. The van der Waals surface area contributed by atoms with Gasteiger partial charge in [-0.1, -0.05) is 6.07 Å². The number of likely N-dealkylation sites (tertiary alicyclic amines) is 1. The molecular formula is C18H19F2N3O. The first kappa shape index (κ1) is 16.5. The summed E-state index contributed by atoms with van der Waals surface area (Å²) < 4.78 is 26.5. The smallest absolute Gasteiger partial charge is 0.270 e. The molecule has 1 saturated heterocycles. The zero-order chi connectivity index (χ0) is 16.9. The molecule has 24 heavy (non-hydrogen) atoms. The molecule has 0 bridgehead atoms. The highest BCUT2D eigenvalue weighted by atomic mass is 19.1. The van der Waals surface area contributed by atoms with Crippen LogP contribution in [0.5, 0.6) is 0 Å². The largest absolute Gasteiger partial charge is 0.348 e. The van der Waals surface area contributed by atoms with E-state index in [-0.39, 0.29) is 11.9 Å². The van der Waals surface area contributed by atoms with Crippen molar-refractivity contribution in [2.45, 2.75) is 25.4 Å². The molecule has 1 N–H and O–H groups in total. The second-order valence-corrected chi connectivity index (χ2v) is 6.02. The van der Waals surface area contributed by atoms with E-state index in [1.807, 2.05) is 0 Å². The molecule has 1 aromatic carbocycles. The Labute approximate surface area is 139 Å². The van der Waals surface area contributed by atoms with Gasteiger partial charge in [-0.15, -0.1) is 0 Å². The molecule has 126 valence electrons. The number of amides is 1. The van der Waals surface area contributed by atoms with E-state index in [4.69, 9.17) is 0 Å². The molecule has 0 unspecified atom stereocenters. The zero-order valence-electron chi connectivity index (χ0n) is 13.2. The number of carbonyl (C=O) groups is 1. The van der Waals surface area contributed by atoms with Crippen LogP contribution in [0.3, 0.4) is 0 Å². The third-order valence-corrected chi connectivity index (χ3v) is 4.15. The third-order valence-electron chi connectivity index (χ3n) is 4.15. The van der Waals surface area contributed by atoms with Crippen molar-refractivity contribution in [2.24, 2.45) is 0 Å². The summed E-state index contributed by atoms with van der Waals surface area (Å²) in [5.74, 6) is -1.27. The first-order valence-electron chi connectivity index (χ1n) is 7.99. The van der Waals surface area contributed by atoms with Crippen molar-refractivity contribution in [3.05, 3.63) is 65.5 Å². The normalized spacial score (nSPS) is 16.1. The van der Waals surface area contributed by atoms with E-state index < -0.39 is 11.6 Å². The number of benzene rings is 1. The molecule has 0 atom stereocenters. The van der Waals surface area contributed by atoms with Crippen LogP contribution in [0, 0.1) is 11.6 Å². The van der Waals surface area contributed by atoms with Gasteiger partial charge in [0.25, 0.3) is 5.91 Å². The minimum absolute atomic E-state index is 0.0972. The van der Waals surface area contributed by atoms with Crippen molar-refractivity contribution >= 4 is 5.91 Å². The maximum absolute atomic E-state index is 13.2. The number of rotatable bonds is 4. The lowest BCUT2D eigenvalue weighted by molar-refractivity contribution is 0.0904. The van der Waals surface area contributed by atoms with Crippen LogP contribution in [0.2, 0.25) is 0 Å². The van der Waals surface area contributed by atoms with E-state index in [1.165, 1.54) is 12.1 Å². The fourth-order valence-corrected chi connectivity index (χ4v) is 2.95. The van der Waals surface area contributed by atoms with Gasteiger partial charge in [0.2, 0.25) is 0 Å². The molecule has 2 aromatic rings. The molecule has 0 saturated carbocycles. The van der Waals surface area contributed by atoms with Gasteiger partial charge in [0, 0.05) is 37.9 Å². The lowest BCUT2D eigenvalue weighted by atomic mass is 10.0. The number of nitrogens with zero attached hydrogens (tertiary/aromatic N) is 2. The van der Waals surface area contributed by atoms with Gasteiger partial charge in [0.15, 0.2) is 0 Å². The minimum atomic E-state index is -0.553. The molecule has 1 aromatic heterocycles. The van der Waals surface area contributed by atoms with Crippen LogP contribution in [0.4, 0.5) is 8.78 Å². The van der Waals surface area contributed by atoms with Gasteiger partial charge in [0.1, 0.15) is 17.3 Å². The fraction of sp³-hybridized carbons (Fsp3) is 0.333. The number of aromatic nitrogens is 1. The molecule has 1 aliphatic heterocycles. The Morgan fingerprint density at radius 2 is 1.88 bits per heavy atom. The topological polar surface area (TPSA) is 45.2 Å². The van der Waals surface area contributed by atoms with Crippen molar-refractivity contribution < 1.29 is 13.6 Å². The summed E-state index contributed by atoms with van der Waals surface area (Å²) in [7, 11) is 0. The molecule has 4 nitrogen and oxygen atoms in total. The van der Waals surface area contributed by atoms with Gasteiger partial charge in [-0.05, 0) is 42.7 Å². The summed E-state index contributed by atoms with van der Waals surface area (Å²) in [6.07, 6.45) is 3.20. The molecule has 0 aliphatic carbocycles. The number of carbonyl (C=O) groups excluding carboxylic acids is 1. The second-order valence-electron chi connectivity index (χ2n) is 6.02. The summed E-state index contributed by atoms with van der Waals surface area (Å²) in [4.78, 5) is 18.3. The highest BCUT2D eigenvalue weighted by Crippen LogP contribution is 2.16. The number of pyridine rings is 1. The van der Waals surface area contributed by atoms with Gasteiger partial charge in [0.05, 0.1) is 0 Å². The van der Waals surface area contributed by atoms with Crippen LogP contribution >= 0.6 is 0 Å². The first-order valence-corrected chi connectivity index (χ1v) is 7.99. The van der Waals surface area contributed by atoms with E-state index in [0.717, 1.165) is 32.0 Å². The highest BCUT2D eigenvalue weighted by Gasteiger charge is 2.21. The molecular weight excluding hydrogens is 312 g/mol. The lowest BCUT2D eigenvalue weighted by Crippen LogP contribution is -2.44. The monoisotopic (exact) mass is 331 g/mol. The van der Waals surface area contributed by atoms with Crippen LogP contribution in [0.25, 0.3) is 0 Å². The van der Waals surface area contributed by atoms with Crippen LogP contribution in [-0.4, -0.2) is 34.9 Å². The Balaban J connectivity index is 1.50. The molecule has 2 heterocycles. The Morgan fingerprint density at radius 3 is 2.50 bits per heavy atom. The molecule has 3 rings (SSSR count). The maximum atomic E-state index is 13.2. The predicted octanol–water partition coefficient (Wildman–Crippen LogP) is 2.75. The number of hydrogen-bond acceptors (Lipinski definition) is 3. The standard InChI is InChI=1S/C18H19F2N3O/c19-14-9-13(10-15(20)11-14)12-23-7-4-16(5-8-23)22-18(24)17-3-1-2-6-21-17/h1-3,6,9-11,16H,4-5,7-8,12H2,(H,22,24). The number of halogens is 2. The van der Waals surface area contributed by atoms with Crippen molar-refractivity contribution in [3.8, 4) is 0 Å². The van der Waals surface area contributed by atoms with E-state index in [1.54, 1.807) is 24.4 Å². The number of nitrogens with one attached hydrogen (secondary N) is 1. The Bertz CT molecular complexity index is 680. The molecule has 0 spiro atoms. The Hall–Kier alpha value is -2.34. The van der Waals surface area contributed by atoms with Crippen molar-refractivity contribution in [2.75, 3.05) is 13.1 Å². The number of piperidine rings is 1. The average Bonchev–Trinajstić information content (AvgIpc) is 2.56. The third kappa shape index (κ3) is 4.35. The van der Waals surface area contributed by atoms with Crippen LogP contribution in [0.1, 0.15) is 28.9 Å². The quantitative estimate of drug-likeness (QED) is 0.937. The first-order chi connectivity index (χ1) is 11.6. The molecule has 0 radical (unpaired) electrons. The molecule has 6 heteroatoms. The summed E-state index contributed by atoms with van der Waals surface area (Å²) in [6, 6.07) is 8.93. The Morgan fingerprint density at radius 1 is 1.17 bits per heavy atom. The van der Waals surface area contributed by atoms with Gasteiger partial charge in [-0.3, -0.25) is 14.7 Å². The maximum Gasteiger partial charge on any atom is 0.270 e. The molecule has 1 aliphatic rings. The van der Waals surface area contributed by atoms with E-state index in [0.29, 0.717) is 17.8 Å². The van der Waals surface area contributed by atoms with Crippen molar-refractivity contribution in [3.63, 3.8) is 0 Å². The zero-order valence-corrected chi connectivity index (χ0v) is 13.2. The highest BCUT2D eigenvalue weighted by molar-refractivity contribution is 5.92. The van der Waals surface area contributed by atoms with Gasteiger partial charge in [-0.2, -0.15) is 0 Å². The summed E-state index contributed by atoms with van der Waals surface area (Å²) in [5, 5.41) is 2.99. The van der Waals surface area contributed by atoms with E-state index in [9.17, 15) is 13.6 Å². The van der Waals surface area contributed by atoms with Crippen LogP contribution in [0.15, 0.2) is 42.6 Å². The van der Waals surface area contributed by atoms with Gasteiger partial charge < -0.3 is 5.32 Å². The van der Waals surface area contributed by atoms with Crippen molar-refractivity contribution in [1.82, 2.24) is 15.2 Å². The van der Waals surface area contributed by atoms with E-state index in [2.05, 4.69) is 15.2 Å². The SMILES string of the molecule is O=C(NC1CCN(Cc2cc(F)cc(F)c2)CC1)c1ccccn1. The van der Waals surface area contributed by atoms with Crippen LogP contribution in [-0.2, 0) is 6.54 Å². The summed E-state index contributed by atoms with van der Waals surface area (Å²) >= 11 is 0. The predicted molar refractivity (Wildman–Crippen MR) is 86.4 cm³/mol. The minimum Gasteiger partial charge on any atom is -0.348 e. The fourth-order valence-electron chi connectivity index (χ4n) is 2.95.